The zero-order valence-corrected chi connectivity index (χ0v) is 16.9. The lowest BCUT2D eigenvalue weighted by Crippen LogP contribution is -2.21. The number of nitrogens with one attached hydrogen (secondary N) is 2. The summed E-state index contributed by atoms with van der Waals surface area (Å²) < 4.78 is 4.81. The lowest BCUT2D eigenvalue weighted by Gasteiger charge is -2.13. The molecule has 1 heterocycles. The first-order valence-corrected chi connectivity index (χ1v) is 9.67. The van der Waals surface area contributed by atoms with E-state index in [1.165, 1.54) is 18.4 Å². The summed E-state index contributed by atoms with van der Waals surface area (Å²) in [5.74, 6) is -0.539. The van der Waals surface area contributed by atoms with Crippen LogP contribution in [0.25, 0.3) is 0 Å². The van der Waals surface area contributed by atoms with Crippen molar-refractivity contribution in [3.63, 3.8) is 0 Å². The second kappa shape index (κ2) is 8.77. The average molecular weight is 411 g/mol. The quantitative estimate of drug-likeness (QED) is 0.355. The van der Waals surface area contributed by atoms with Gasteiger partial charge in [-0.2, -0.15) is 0 Å². The first-order chi connectivity index (χ1) is 13.5. The van der Waals surface area contributed by atoms with Crippen LogP contribution in [0.2, 0.25) is 0 Å². The Balaban J connectivity index is 1.81. The van der Waals surface area contributed by atoms with Crippen LogP contribution < -0.4 is 10.6 Å². The van der Waals surface area contributed by atoms with Gasteiger partial charge < -0.3 is 15.4 Å². The molecule has 0 radical (unpaired) electrons. The van der Waals surface area contributed by atoms with Crippen molar-refractivity contribution in [1.82, 2.24) is 0 Å². The first-order valence-electron chi connectivity index (χ1n) is 8.45. The van der Waals surface area contributed by atoms with Gasteiger partial charge in [0.1, 0.15) is 5.00 Å². The monoisotopic (exact) mass is 410 g/mol. The topological polar surface area (TPSA) is 67.4 Å². The molecule has 2 aromatic carbocycles. The van der Waals surface area contributed by atoms with Gasteiger partial charge >= 0.3 is 5.97 Å². The van der Waals surface area contributed by atoms with E-state index in [-0.39, 0.29) is 10.9 Å². The highest BCUT2D eigenvalue weighted by molar-refractivity contribution is 7.80. The molecule has 0 aliphatic carbocycles. The van der Waals surface area contributed by atoms with Crippen LogP contribution in [0.15, 0.2) is 60.7 Å². The maximum absolute atomic E-state index is 12.8. The molecule has 3 rings (SSSR count). The Labute approximate surface area is 172 Å². The predicted molar refractivity (Wildman–Crippen MR) is 117 cm³/mol. The lowest BCUT2D eigenvalue weighted by molar-refractivity contribution is 0.0602. The van der Waals surface area contributed by atoms with Crippen molar-refractivity contribution in [1.29, 1.82) is 0 Å². The summed E-state index contributed by atoms with van der Waals surface area (Å²) in [5, 5.41) is 6.95. The summed E-state index contributed by atoms with van der Waals surface area (Å²) in [4.78, 5) is 25.7. The number of ketones is 1. The average Bonchev–Trinajstić information content (AvgIpc) is 3.07. The Morgan fingerprint density at radius 2 is 1.64 bits per heavy atom. The van der Waals surface area contributed by atoms with Gasteiger partial charge in [-0.3, -0.25) is 4.79 Å². The molecule has 0 spiro atoms. The number of thiocarbonyl (C=S) groups is 1. The molecular weight excluding hydrogens is 392 g/mol. The summed E-state index contributed by atoms with van der Waals surface area (Å²) in [6, 6.07) is 17.9. The van der Waals surface area contributed by atoms with Crippen molar-refractivity contribution in [2.24, 2.45) is 0 Å². The van der Waals surface area contributed by atoms with E-state index in [2.05, 4.69) is 10.6 Å². The number of ether oxygens (including phenoxy) is 1. The van der Waals surface area contributed by atoms with Gasteiger partial charge in [-0.1, -0.05) is 42.5 Å². The summed E-state index contributed by atoms with van der Waals surface area (Å²) in [7, 11) is 1.33. The van der Waals surface area contributed by atoms with Crippen molar-refractivity contribution in [2.75, 3.05) is 17.7 Å². The third kappa shape index (κ3) is 4.44. The van der Waals surface area contributed by atoms with Crippen LogP contribution in [0.4, 0.5) is 10.7 Å². The van der Waals surface area contributed by atoms with Gasteiger partial charge in [0.2, 0.25) is 0 Å². The molecule has 0 unspecified atom stereocenters. The predicted octanol–water partition coefficient (Wildman–Crippen LogP) is 4.88. The van der Waals surface area contributed by atoms with Crippen molar-refractivity contribution >= 4 is 51.1 Å². The third-order valence-electron chi connectivity index (χ3n) is 3.94. The van der Waals surface area contributed by atoms with Crippen LogP contribution in [-0.2, 0) is 4.74 Å². The molecule has 0 saturated heterocycles. The molecule has 0 bridgehead atoms. The summed E-state index contributed by atoms with van der Waals surface area (Å²) in [5.41, 5.74) is 2.11. The standard InChI is InChI=1S/C21H18N2O3S2/c1-13-12-16(20(25)26-2)19(28-13)23-21(27)22-17-11-7-6-10-15(17)18(24)14-8-4-3-5-9-14/h3-12H,1-2H3,(H2,22,23,27). The molecule has 0 fully saturated rings. The first kappa shape index (κ1) is 19.7. The molecule has 28 heavy (non-hydrogen) atoms. The SMILES string of the molecule is COC(=O)c1cc(C)sc1NC(=S)Nc1ccccc1C(=O)c1ccccc1. The molecule has 7 heteroatoms. The number of para-hydroxylation sites is 1. The van der Waals surface area contributed by atoms with E-state index in [1.54, 1.807) is 36.4 Å². The van der Waals surface area contributed by atoms with Gasteiger partial charge in [0.05, 0.1) is 18.4 Å². The fourth-order valence-electron chi connectivity index (χ4n) is 2.66. The molecule has 0 atom stereocenters. The van der Waals surface area contributed by atoms with Crippen molar-refractivity contribution in [3.05, 3.63) is 82.2 Å². The van der Waals surface area contributed by atoms with Gasteiger partial charge in [-0.15, -0.1) is 11.3 Å². The fraction of sp³-hybridized carbons (Fsp3) is 0.0952. The highest BCUT2D eigenvalue weighted by Gasteiger charge is 2.18. The van der Waals surface area contributed by atoms with Crippen LogP contribution in [0, 0.1) is 6.92 Å². The number of anilines is 2. The van der Waals surface area contributed by atoms with Gasteiger partial charge in [0, 0.05) is 16.0 Å². The maximum atomic E-state index is 12.8. The van der Waals surface area contributed by atoms with E-state index in [4.69, 9.17) is 17.0 Å². The van der Waals surface area contributed by atoms with E-state index in [9.17, 15) is 9.59 Å². The molecular formula is C21H18N2O3S2. The zero-order chi connectivity index (χ0) is 20.1. The Hall–Kier alpha value is -3.03. The van der Waals surface area contributed by atoms with Crippen LogP contribution >= 0.6 is 23.6 Å². The highest BCUT2D eigenvalue weighted by Crippen LogP contribution is 2.28. The van der Waals surface area contributed by atoms with Crippen LogP contribution in [0.1, 0.15) is 31.2 Å². The van der Waals surface area contributed by atoms with Crippen LogP contribution in [0.3, 0.4) is 0 Å². The molecule has 0 aliphatic rings. The molecule has 142 valence electrons. The Morgan fingerprint density at radius 1 is 0.964 bits per heavy atom. The number of benzene rings is 2. The fourth-order valence-corrected chi connectivity index (χ4v) is 3.84. The number of thiophene rings is 1. The molecule has 5 nitrogen and oxygen atoms in total. The van der Waals surface area contributed by atoms with E-state index >= 15 is 0 Å². The minimum Gasteiger partial charge on any atom is -0.465 e. The minimum atomic E-state index is -0.436. The number of hydrogen-bond acceptors (Lipinski definition) is 5. The smallest absolute Gasteiger partial charge is 0.340 e. The number of esters is 1. The van der Waals surface area contributed by atoms with Crippen molar-refractivity contribution in [2.45, 2.75) is 6.92 Å². The number of hydrogen-bond donors (Lipinski definition) is 2. The number of aryl methyl sites for hydroxylation is 1. The van der Waals surface area contributed by atoms with Crippen molar-refractivity contribution in [3.8, 4) is 0 Å². The van der Waals surface area contributed by atoms with Gasteiger partial charge in [-0.05, 0) is 37.3 Å². The Kier molecular flexibility index (Phi) is 6.18. The number of methoxy groups -OCH3 is 1. The van der Waals surface area contributed by atoms with E-state index in [0.717, 1.165) is 4.88 Å². The third-order valence-corrected chi connectivity index (χ3v) is 5.11. The molecule has 0 amide bonds. The van der Waals surface area contributed by atoms with E-state index < -0.39 is 5.97 Å². The Morgan fingerprint density at radius 3 is 2.36 bits per heavy atom. The summed E-state index contributed by atoms with van der Waals surface area (Å²) in [6.07, 6.45) is 0. The number of carbonyl (C=O) groups excluding carboxylic acids is 2. The van der Waals surface area contributed by atoms with Crippen LogP contribution in [-0.4, -0.2) is 24.0 Å². The zero-order valence-electron chi connectivity index (χ0n) is 15.3. The molecule has 0 saturated carbocycles. The van der Waals surface area contributed by atoms with Crippen molar-refractivity contribution < 1.29 is 14.3 Å². The van der Waals surface area contributed by atoms with Gasteiger partial charge in [-0.25, -0.2) is 4.79 Å². The highest BCUT2D eigenvalue weighted by atomic mass is 32.1. The largest absolute Gasteiger partial charge is 0.465 e. The number of rotatable bonds is 5. The molecule has 2 N–H and O–H groups in total. The van der Waals surface area contributed by atoms with Crippen LogP contribution in [0.5, 0.6) is 0 Å². The maximum Gasteiger partial charge on any atom is 0.340 e. The summed E-state index contributed by atoms with van der Waals surface area (Å²) >= 11 is 6.79. The second-order valence-corrected chi connectivity index (χ2v) is 7.58. The Bertz CT molecular complexity index is 1030. The second-order valence-electron chi connectivity index (χ2n) is 5.91. The normalized spacial score (nSPS) is 10.2. The lowest BCUT2D eigenvalue weighted by atomic mass is 10.0. The molecule has 1 aromatic heterocycles. The van der Waals surface area contributed by atoms with Gasteiger partial charge in [0.15, 0.2) is 10.9 Å². The summed E-state index contributed by atoms with van der Waals surface area (Å²) in [6.45, 7) is 1.90. The van der Waals surface area contributed by atoms with Gasteiger partial charge in [0.25, 0.3) is 0 Å². The van der Waals surface area contributed by atoms with E-state index in [0.29, 0.717) is 27.4 Å². The molecule has 3 aromatic rings. The number of carbonyl (C=O) groups is 2. The van der Waals surface area contributed by atoms with E-state index in [1.807, 2.05) is 31.2 Å². The minimum absolute atomic E-state index is 0.103. The molecule has 0 aliphatic heterocycles.